The molecule has 0 amide bonds. The number of carboxylic acids is 1. The molecule has 1 aromatic heterocycles. The summed E-state index contributed by atoms with van der Waals surface area (Å²) in [5, 5.41) is 16.0. The van der Waals surface area contributed by atoms with Crippen LogP contribution >= 0.6 is 0 Å². The number of aliphatic carboxylic acids is 1. The summed E-state index contributed by atoms with van der Waals surface area (Å²) in [5.41, 5.74) is 5.74. The molecule has 5 heteroatoms. The molecule has 1 aliphatic carbocycles. The Hall–Kier alpha value is -1.36. The lowest BCUT2D eigenvalue weighted by Crippen LogP contribution is -2.58. The molecule has 4 N–H and O–H groups in total. The Morgan fingerprint density at radius 1 is 1.67 bits per heavy atom. The quantitative estimate of drug-likeness (QED) is 0.632. The van der Waals surface area contributed by atoms with Gasteiger partial charge in [-0.2, -0.15) is 5.10 Å². The molecule has 1 atom stereocenters. The number of hydrogen-bond donors (Lipinski definition) is 3. The summed E-state index contributed by atoms with van der Waals surface area (Å²) in [6.45, 7) is 3.77. The molecule has 0 fully saturated rings. The number of fused-ring (bicyclic) bond motifs is 1. The van der Waals surface area contributed by atoms with Crippen LogP contribution in [0.15, 0.2) is 6.20 Å². The molecule has 82 valence electrons. The van der Waals surface area contributed by atoms with Gasteiger partial charge in [-0.1, -0.05) is 13.8 Å². The average Bonchev–Trinajstić information content (AvgIpc) is 2.60. The third-order valence-electron chi connectivity index (χ3n) is 3.55. The Morgan fingerprint density at radius 3 is 2.93 bits per heavy atom. The molecule has 15 heavy (non-hydrogen) atoms. The van der Waals surface area contributed by atoms with E-state index in [0.717, 1.165) is 18.5 Å². The molecule has 1 aromatic rings. The molecule has 0 bridgehead atoms. The lowest BCUT2D eigenvalue weighted by molar-refractivity contribution is -0.149. The summed E-state index contributed by atoms with van der Waals surface area (Å²) >= 11 is 0. The Kier molecular flexibility index (Phi) is 1.91. The highest BCUT2D eigenvalue weighted by Crippen LogP contribution is 2.45. The smallest absolute Gasteiger partial charge is 0.329 e. The second kappa shape index (κ2) is 2.82. The summed E-state index contributed by atoms with van der Waals surface area (Å²) < 4.78 is 0. The fraction of sp³-hybridized carbons (Fsp3) is 0.600. The van der Waals surface area contributed by atoms with E-state index in [0.29, 0.717) is 5.56 Å². The number of H-pyrrole nitrogens is 1. The van der Waals surface area contributed by atoms with E-state index in [4.69, 9.17) is 5.73 Å². The number of aromatic nitrogens is 2. The third kappa shape index (κ3) is 1.13. The SMILES string of the molecule is CC1(C)CCc2[nH]ncc2C1(N)C(=O)O. The van der Waals surface area contributed by atoms with Gasteiger partial charge in [-0.3, -0.25) is 5.10 Å². The number of hydrogen-bond acceptors (Lipinski definition) is 3. The molecule has 1 aliphatic rings. The number of carboxylic acid groups (broad SMARTS) is 1. The highest BCUT2D eigenvalue weighted by molar-refractivity contribution is 5.82. The molecule has 1 unspecified atom stereocenters. The van der Waals surface area contributed by atoms with Gasteiger partial charge in [0, 0.05) is 11.3 Å². The summed E-state index contributed by atoms with van der Waals surface area (Å²) in [5.74, 6) is -0.991. The Balaban J connectivity index is 2.64. The Bertz CT molecular complexity index is 411. The van der Waals surface area contributed by atoms with E-state index in [1.165, 1.54) is 6.20 Å². The fourth-order valence-corrected chi connectivity index (χ4v) is 2.25. The number of aryl methyl sites for hydroxylation is 1. The van der Waals surface area contributed by atoms with E-state index in [-0.39, 0.29) is 0 Å². The van der Waals surface area contributed by atoms with Crippen molar-refractivity contribution in [2.24, 2.45) is 11.1 Å². The first-order chi connectivity index (χ1) is 6.89. The highest BCUT2D eigenvalue weighted by Gasteiger charge is 2.53. The van der Waals surface area contributed by atoms with Crippen molar-refractivity contribution in [1.82, 2.24) is 10.2 Å². The topological polar surface area (TPSA) is 92.0 Å². The molecular weight excluding hydrogens is 194 g/mol. The minimum Gasteiger partial charge on any atom is -0.480 e. The van der Waals surface area contributed by atoms with Crippen LogP contribution in [0.1, 0.15) is 31.5 Å². The van der Waals surface area contributed by atoms with Gasteiger partial charge in [0.05, 0.1) is 6.20 Å². The first kappa shape index (κ1) is 10.2. The van der Waals surface area contributed by atoms with Crippen molar-refractivity contribution in [3.63, 3.8) is 0 Å². The van der Waals surface area contributed by atoms with Crippen LogP contribution in [-0.2, 0) is 16.8 Å². The van der Waals surface area contributed by atoms with Gasteiger partial charge >= 0.3 is 5.97 Å². The monoisotopic (exact) mass is 209 g/mol. The van der Waals surface area contributed by atoms with Crippen LogP contribution in [0.2, 0.25) is 0 Å². The normalized spacial score (nSPS) is 28.5. The van der Waals surface area contributed by atoms with Gasteiger partial charge in [0.15, 0.2) is 0 Å². The minimum absolute atomic E-state index is 0.463. The molecule has 5 nitrogen and oxygen atoms in total. The minimum atomic E-state index is -1.34. The van der Waals surface area contributed by atoms with Crippen molar-refractivity contribution in [2.45, 2.75) is 32.2 Å². The van der Waals surface area contributed by atoms with Crippen molar-refractivity contribution < 1.29 is 9.90 Å². The van der Waals surface area contributed by atoms with Crippen LogP contribution in [0.25, 0.3) is 0 Å². The lowest BCUT2D eigenvalue weighted by atomic mass is 9.63. The number of nitrogens with zero attached hydrogens (tertiary/aromatic N) is 1. The Morgan fingerprint density at radius 2 is 2.33 bits per heavy atom. The average molecular weight is 209 g/mol. The second-order valence-electron chi connectivity index (χ2n) is 4.76. The molecule has 0 aliphatic heterocycles. The van der Waals surface area contributed by atoms with Gasteiger partial charge < -0.3 is 10.8 Å². The van der Waals surface area contributed by atoms with E-state index in [2.05, 4.69) is 10.2 Å². The maximum Gasteiger partial charge on any atom is 0.329 e. The zero-order valence-corrected chi connectivity index (χ0v) is 8.87. The van der Waals surface area contributed by atoms with E-state index in [1.807, 2.05) is 13.8 Å². The maximum absolute atomic E-state index is 11.4. The van der Waals surface area contributed by atoms with Gasteiger partial charge in [0.2, 0.25) is 0 Å². The van der Waals surface area contributed by atoms with E-state index in [9.17, 15) is 9.90 Å². The zero-order valence-electron chi connectivity index (χ0n) is 8.87. The lowest BCUT2D eigenvalue weighted by Gasteiger charge is -2.43. The summed E-state index contributed by atoms with van der Waals surface area (Å²) in [7, 11) is 0. The first-order valence-corrected chi connectivity index (χ1v) is 4.94. The summed E-state index contributed by atoms with van der Waals surface area (Å²) in [6.07, 6.45) is 3.07. The van der Waals surface area contributed by atoms with Gasteiger partial charge in [-0.25, -0.2) is 4.79 Å². The maximum atomic E-state index is 11.4. The zero-order chi connectivity index (χ0) is 11.3. The van der Waals surface area contributed by atoms with Gasteiger partial charge in [-0.05, 0) is 18.3 Å². The fourth-order valence-electron chi connectivity index (χ4n) is 2.25. The standard InChI is InChI=1S/C10H15N3O2/c1-9(2)4-3-7-6(5-12-13-7)10(9,11)8(14)15/h5H,3-4,11H2,1-2H3,(H,12,13)(H,14,15). The molecule has 0 saturated carbocycles. The van der Waals surface area contributed by atoms with Crippen LogP contribution in [0.4, 0.5) is 0 Å². The molecule has 0 radical (unpaired) electrons. The summed E-state index contributed by atoms with van der Waals surface area (Å²) in [6, 6.07) is 0. The number of rotatable bonds is 1. The number of nitrogens with one attached hydrogen (secondary N) is 1. The van der Waals surface area contributed by atoms with Crippen molar-refractivity contribution in [1.29, 1.82) is 0 Å². The van der Waals surface area contributed by atoms with Crippen LogP contribution < -0.4 is 5.73 Å². The number of aromatic amines is 1. The number of carbonyl (C=O) groups is 1. The van der Waals surface area contributed by atoms with Crippen molar-refractivity contribution in [3.05, 3.63) is 17.5 Å². The third-order valence-corrected chi connectivity index (χ3v) is 3.55. The van der Waals surface area contributed by atoms with Gasteiger partial charge in [0.1, 0.15) is 5.54 Å². The van der Waals surface area contributed by atoms with Crippen LogP contribution in [-0.4, -0.2) is 21.3 Å². The molecule has 0 spiro atoms. The molecule has 1 heterocycles. The molecule has 2 rings (SSSR count). The predicted octanol–water partition coefficient (Wildman–Crippen LogP) is 0.621. The van der Waals surface area contributed by atoms with Crippen LogP contribution in [0.5, 0.6) is 0 Å². The molecular formula is C10H15N3O2. The highest BCUT2D eigenvalue weighted by atomic mass is 16.4. The predicted molar refractivity (Wildman–Crippen MR) is 54.2 cm³/mol. The molecule has 0 aromatic carbocycles. The van der Waals surface area contributed by atoms with E-state index >= 15 is 0 Å². The Labute approximate surface area is 87.7 Å². The van der Waals surface area contributed by atoms with E-state index in [1.54, 1.807) is 0 Å². The second-order valence-corrected chi connectivity index (χ2v) is 4.76. The van der Waals surface area contributed by atoms with Gasteiger partial charge in [-0.15, -0.1) is 0 Å². The van der Waals surface area contributed by atoms with Crippen molar-refractivity contribution >= 4 is 5.97 Å². The van der Waals surface area contributed by atoms with Crippen molar-refractivity contribution in [3.8, 4) is 0 Å². The summed E-state index contributed by atoms with van der Waals surface area (Å²) in [4.78, 5) is 11.4. The van der Waals surface area contributed by atoms with Gasteiger partial charge in [0.25, 0.3) is 0 Å². The van der Waals surface area contributed by atoms with Crippen molar-refractivity contribution in [2.75, 3.05) is 0 Å². The molecule has 0 saturated heterocycles. The number of nitrogens with two attached hydrogens (primary N) is 1. The van der Waals surface area contributed by atoms with Crippen LogP contribution in [0.3, 0.4) is 0 Å². The largest absolute Gasteiger partial charge is 0.480 e. The van der Waals surface area contributed by atoms with Crippen LogP contribution in [0, 0.1) is 5.41 Å². The van der Waals surface area contributed by atoms with E-state index < -0.39 is 16.9 Å². The first-order valence-electron chi connectivity index (χ1n) is 4.94.